The van der Waals surface area contributed by atoms with Gasteiger partial charge in [0.25, 0.3) is 0 Å². The Kier molecular flexibility index (Phi) is 5.35. The van der Waals surface area contributed by atoms with Crippen LogP contribution < -0.4 is 0 Å². The zero-order valence-corrected chi connectivity index (χ0v) is 14.0. The van der Waals surface area contributed by atoms with Gasteiger partial charge in [-0.3, -0.25) is 14.8 Å². The van der Waals surface area contributed by atoms with Crippen molar-refractivity contribution in [3.05, 3.63) is 41.8 Å². The molecular weight excluding hydrogens is 290 g/mol. The van der Waals surface area contributed by atoms with Crippen LogP contribution in [0.3, 0.4) is 0 Å². The van der Waals surface area contributed by atoms with Crippen LogP contribution in [-0.4, -0.2) is 51.1 Å². The molecule has 23 heavy (non-hydrogen) atoms. The summed E-state index contributed by atoms with van der Waals surface area (Å²) in [5.74, 6) is 1.53. The normalized spacial score (nSPS) is 18.7. The van der Waals surface area contributed by atoms with Gasteiger partial charge in [0.2, 0.25) is 5.89 Å². The molecule has 6 nitrogen and oxygen atoms in total. The molecule has 0 radical (unpaired) electrons. The fourth-order valence-electron chi connectivity index (χ4n) is 3.07. The summed E-state index contributed by atoms with van der Waals surface area (Å²) in [6, 6.07) is 4.57. The Bertz CT molecular complexity index is 600. The van der Waals surface area contributed by atoms with Gasteiger partial charge in [0.05, 0.1) is 6.54 Å². The summed E-state index contributed by atoms with van der Waals surface area (Å²) >= 11 is 0. The van der Waals surface area contributed by atoms with Crippen LogP contribution in [0.25, 0.3) is 0 Å². The summed E-state index contributed by atoms with van der Waals surface area (Å²) in [6.07, 6.45) is 5.75. The van der Waals surface area contributed by atoms with E-state index in [4.69, 9.17) is 4.52 Å². The van der Waals surface area contributed by atoms with Crippen molar-refractivity contribution in [1.29, 1.82) is 0 Å². The third-order valence-corrected chi connectivity index (χ3v) is 4.52. The molecule has 2 aromatic rings. The smallest absolute Gasteiger partial charge is 0.226 e. The number of rotatable bonds is 5. The van der Waals surface area contributed by atoms with E-state index in [1.807, 2.05) is 25.4 Å². The van der Waals surface area contributed by atoms with Crippen molar-refractivity contribution in [3.8, 4) is 0 Å². The molecule has 124 valence electrons. The van der Waals surface area contributed by atoms with Gasteiger partial charge in [0.1, 0.15) is 0 Å². The van der Waals surface area contributed by atoms with Crippen LogP contribution in [-0.2, 0) is 13.0 Å². The molecule has 0 aliphatic carbocycles. The summed E-state index contributed by atoms with van der Waals surface area (Å²) < 4.78 is 5.20. The van der Waals surface area contributed by atoms with E-state index in [0.717, 1.165) is 57.3 Å². The molecule has 0 amide bonds. The van der Waals surface area contributed by atoms with Gasteiger partial charge in [0.15, 0.2) is 5.82 Å². The molecule has 6 heteroatoms. The van der Waals surface area contributed by atoms with Crippen molar-refractivity contribution >= 4 is 0 Å². The van der Waals surface area contributed by atoms with Gasteiger partial charge in [0, 0.05) is 44.5 Å². The fourth-order valence-corrected chi connectivity index (χ4v) is 3.07. The molecule has 3 heterocycles. The van der Waals surface area contributed by atoms with E-state index in [2.05, 4.69) is 37.9 Å². The van der Waals surface area contributed by atoms with Crippen molar-refractivity contribution in [2.45, 2.75) is 39.3 Å². The van der Waals surface area contributed by atoms with E-state index in [0.29, 0.717) is 6.04 Å². The molecule has 1 atom stereocenters. The van der Waals surface area contributed by atoms with Crippen LogP contribution in [0.15, 0.2) is 29.0 Å². The van der Waals surface area contributed by atoms with Crippen LogP contribution >= 0.6 is 0 Å². The first-order chi connectivity index (χ1) is 11.3. The maximum absolute atomic E-state index is 5.20. The molecule has 2 aromatic heterocycles. The van der Waals surface area contributed by atoms with E-state index in [1.165, 1.54) is 5.56 Å². The zero-order chi connectivity index (χ0) is 16.1. The number of hydrogen-bond donors (Lipinski definition) is 0. The Balaban J connectivity index is 1.56. The molecule has 0 saturated carbocycles. The highest BCUT2D eigenvalue weighted by Gasteiger charge is 2.21. The Morgan fingerprint density at radius 1 is 1.26 bits per heavy atom. The number of aryl methyl sites for hydroxylation is 1. The Morgan fingerprint density at radius 2 is 2.17 bits per heavy atom. The Labute approximate surface area is 137 Å². The summed E-state index contributed by atoms with van der Waals surface area (Å²) in [4.78, 5) is 13.6. The lowest BCUT2D eigenvalue weighted by molar-refractivity contribution is 0.206. The van der Waals surface area contributed by atoms with Crippen LogP contribution in [0.1, 0.15) is 43.6 Å². The number of pyridine rings is 1. The summed E-state index contributed by atoms with van der Waals surface area (Å²) in [5, 5.41) is 4.06. The average molecular weight is 315 g/mol. The average Bonchev–Trinajstić information content (AvgIpc) is 2.92. The number of nitrogens with zero attached hydrogens (tertiary/aromatic N) is 5. The van der Waals surface area contributed by atoms with Gasteiger partial charge in [-0.05, 0) is 31.5 Å². The second kappa shape index (κ2) is 7.66. The lowest BCUT2D eigenvalue weighted by Crippen LogP contribution is -2.32. The summed E-state index contributed by atoms with van der Waals surface area (Å²) in [5.41, 5.74) is 1.28. The van der Waals surface area contributed by atoms with Crippen molar-refractivity contribution in [3.63, 3.8) is 0 Å². The van der Waals surface area contributed by atoms with Crippen LogP contribution in [0, 0.1) is 0 Å². The van der Waals surface area contributed by atoms with E-state index in [9.17, 15) is 0 Å². The topological polar surface area (TPSA) is 58.3 Å². The molecule has 1 aliphatic rings. The molecule has 1 fully saturated rings. The van der Waals surface area contributed by atoms with Gasteiger partial charge in [-0.15, -0.1) is 0 Å². The first-order valence-electron chi connectivity index (χ1n) is 8.44. The third-order valence-electron chi connectivity index (χ3n) is 4.52. The first-order valence-corrected chi connectivity index (χ1v) is 8.44. The Morgan fingerprint density at radius 3 is 2.91 bits per heavy atom. The fraction of sp³-hybridized carbons (Fsp3) is 0.588. The lowest BCUT2D eigenvalue weighted by Gasteiger charge is -2.27. The van der Waals surface area contributed by atoms with E-state index < -0.39 is 0 Å². The SMILES string of the molecule is CCc1nc(CN2CCCN([C@H](C)c3cccnc3)CC2)no1. The molecule has 0 unspecified atom stereocenters. The van der Waals surface area contributed by atoms with Crippen LogP contribution in [0.2, 0.25) is 0 Å². The molecule has 1 aliphatic heterocycles. The molecule has 1 saturated heterocycles. The third kappa shape index (κ3) is 4.14. The van der Waals surface area contributed by atoms with Crippen molar-refractivity contribution < 1.29 is 4.52 Å². The minimum Gasteiger partial charge on any atom is -0.339 e. The first kappa shape index (κ1) is 16.1. The highest BCUT2D eigenvalue weighted by atomic mass is 16.5. The standard InChI is InChI=1S/C17H25N5O/c1-3-17-19-16(20-23-17)13-21-8-5-9-22(11-10-21)14(2)15-6-4-7-18-12-15/h4,6-7,12,14H,3,5,8-11,13H2,1-2H3/t14-/m1/s1. The zero-order valence-electron chi connectivity index (χ0n) is 14.0. The van der Waals surface area contributed by atoms with E-state index in [-0.39, 0.29) is 0 Å². The molecule has 0 aromatic carbocycles. The highest BCUT2D eigenvalue weighted by molar-refractivity contribution is 5.13. The predicted octanol–water partition coefficient (Wildman–Crippen LogP) is 2.30. The van der Waals surface area contributed by atoms with Crippen molar-refractivity contribution in [1.82, 2.24) is 24.9 Å². The second-order valence-corrected chi connectivity index (χ2v) is 6.09. The van der Waals surface area contributed by atoms with Crippen molar-refractivity contribution in [2.75, 3.05) is 26.2 Å². The van der Waals surface area contributed by atoms with Crippen LogP contribution in [0.5, 0.6) is 0 Å². The van der Waals surface area contributed by atoms with Crippen LogP contribution in [0.4, 0.5) is 0 Å². The molecule has 3 rings (SSSR count). The highest BCUT2D eigenvalue weighted by Crippen LogP contribution is 2.21. The maximum atomic E-state index is 5.20. The minimum absolute atomic E-state index is 0.403. The maximum Gasteiger partial charge on any atom is 0.226 e. The lowest BCUT2D eigenvalue weighted by atomic mass is 10.1. The predicted molar refractivity (Wildman–Crippen MR) is 87.8 cm³/mol. The number of hydrogen-bond acceptors (Lipinski definition) is 6. The van der Waals surface area contributed by atoms with Gasteiger partial charge >= 0.3 is 0 Å². The second-order valence-electron chi connectivity index (χ2n) is 6.09. The largest absolute Gasteiger partial charge is 0.339 e. The molecular formula is C17H25N5O. The quantitative estimate of drug-likeness (QED) is 0.844. The molecule has 0 bridgehead atoms. The van der Waals surface area contributed by atoms with E-state index >= 15 is 0 Å². The minimum atomic E-state index is 0.403. The molecule has 0 spiro atoms. The van der Waals surface area contributed by atoms with Gasteiger partial charge in [-0.1, -0.05) is 18.1 Å². The van der Waals surface area contributed by atoms with E-state index in [1.54, 1.807) is 0 Å². The van der Waals surface area contributed by atoms with Crippen molar-refractivity contribution in [2.24, 2.45) is 0 Å². The van der Waals surface area contributed by atoms with Gasteiger partial charge < -0.3 is 4.52 Å². The monoisotopic (exact) mass is 315 g/mol. The summed E-state index contributed by atoms with van der Waals surface area (Å²) in [7, 11) is 0. The van der Waals surface area contributed by atoms with Gasteiger partial charge in [-0.2, -0.15) is 4.98 Å². The Hall–Kier alpha value is -1.79. The molecule has 0 N–H and O–H groups in total. The van der Waals surface area contributed by atoms with Gasteiger partial charge in [-0.25, -0.2) is 0 Å². The number of aromatic nitrogens is 3. The summed E-state index contributed by atoms with van der Waals surface area (Å²) in [6.45, 7) is 9.33.